The molecule has 0 bridgehead atoms. The number of ether oxygens (including phenoxy) is 1. The molecule has 0 saturated carbocycles. The van der Waals surface area contributed by atoms with Gasteiger partial charge in [0, 0.05) is 41.2 Å². The maximum Gasteiger partial charge on any atom is 0.150 e. The lowest BCUT2D eigenvalue weighted by Gasteiger charge is -2.38. The summed E-state index contributed by atoms with van der Waals surface area (Å²) in [4.78, 5) is 2.03. The molecular weight excluding hydrogens is 418 g/mol. The molecule has 2 aromatic carbocycles. The molecular formula is C20H23BrClNO3. The van der Waals surface area contributed by atoms with Crippen LogP contribution in [0.25, 0.3) is 0 Å². The van der Waals surface area contributed by atoms with Crippen LogP contribution in [0.3, 0.4) is 0 Å². The molecule has 1 heterocycles. The van der Waals surface area contributed by atoms with Gasteiger partial charge in [-0.3, -0.25) is 4.90 Å². The third-order valence-electron chi connectivity index (χ3n) is 4.77. The zero-order chi connectivity index (χ0) is 18.6. The van der Waals surface area contributed by atoms with Crippen molar-refractivity contribution in [1.29, 1.82) is 0 Å². The van der Waals surface area contributed by atoms with Crippen LogP contribution in [0.2, 0.25) is 5.02 Å². The number of nitrogens with zero attached hydrogens (tertiary/aromatic N) is 1. The largest absolute Gasteiger partial charge is 0.488 e. The summed E-state index contributed by atoms with van der Waals surface area (Å²) >= 11 is 9.42. The highest BCUT2D eigenvalue weighted by Crippen LogP contribution is 2.39. The summed E-state index contributed by atoms with van der Waals surface area (Å²) in [6.45, 7) is 1.89. The topological polar surface area (TPSA) is 52.9 Å². The van der Waals surface area contributed by atoms with Crippen molar-refractivity contribution >= 4 is 27.5 Å². The minimum atomic E-state index is -1.25. The molecule has 0 amide bonds. The molecule has 0 aliphatic carbocycles. The minimum absolute atomic E-state index is 0.101. The lowest BCUT2D eigenvalue weighted by atomic mass is 9.96. The van der Waals surface area contributed by atoms with Gasteiger partial charge in [-0.25, -0.2) is 0 Å². The van der Waals surface area contributed by atoms with Gasteiger partial charge in [-0.15, -0.1) is 0 Å². The average molecular weight is 441 g/mol. The van der Waals surface area contributed by atoms with Crippen LogP contribution < -0.4 is 4.74 Å². The Morgan fingerprint density at radius 2 is 1.81 bits per heavy atom. The van der Waals surface area contributed by atoms with E-state index in [2.05, 4.69) is 15.9 Å². The molecule has 0 spiro atoms. The molecule has 1 unspecified atom stereocenters. The zero-order valence-electron chi connectivity index (χ0n) is 14.5. The fourth-order valence-electron chi connectivity index (χ4n) is 3.39. The Bertz CT molecular complexity index is 734. The van der Waals surface area contributed by atoms with Crippen LogP contribution in [0.15, 0.2) is 46.9 Å². The Hall–Kier alpha value is -1.11. The van der Waals surface area contributed by atoms with Gasteiger partial charge in [-0.1, -0.05) is 39.7 Å². The van der Waals surface area contributed by atoms with E-state index in [4.69, 9.17) is 16.3 Å². The Morgan fingerprint density at radius 1 is 1.12 bits per heavy atom. The first kappa shape index (κ1) is 19.6. The monoisotopic (exact) mass is 439 g/mol. The second-order valence-corrected chi connectivity index (χ2v) is 7.89. The number of aliphatic hydroxyl groups is 2. The molecule has 26 heavy (non-hydrogen) atoms. The molecule has 1 saturated heterocycles. The van der Waals surface area contributed by atoms with Gasteiger partial charge < -0.3 is 14.9 Å². The van der Waals surface area contributed by atoms with E-state index in [9.17, 15) is 10.2 Å². The quantitative estimate of drug-likeness (QED) is 0.674. The van der Waals surface area contributed by atoms with Crippen molar-refractivity contribution in [2.75, 3.05) is 19.7 Å². The lowest BCUT2D eigenvalue weighted by molar-refractivity contribution is -0.120. The van der Waals surface area contributed by atoms with Gasteiger partial charge in [0.25, 0.3) is 0 Å². The van der Waals surface area contributed by atoms with Crippen molar-refractivity contribution in [1.82, 2.24) is 4.90 Å². The summed E-state index contributed by atoms with van der Waals surface area (Å²) in [6.07, 6.45) is 2.33. The van der Waals surface area contributed by atoms with Crippen LogP contribution in [-0.2, 0) is 12.3 Å². The van der Waals surface area contributed by atoms with Crippen LogP contribution >= 0.6 is 27.5 Å². The van der Waals surface area contributed by atoms with Gasteiger partial charge in [0.05, 0.1) is 0 Å². The molecule has 0 radical (unpaired) electrons. The van der Waals surface area contributed by atoms with Crippen molar-refractivity contribution < 1.29 is 14.9 Å². The van der Waals surface area contributed by atoms with Crippen molar-refractivity contribution in [2.45, 2.75) is 31.6 Å². The van der Waals surface area contributed by atoms with E-state index in [1.807, 2.05) is 47.4 Å². The molecule has 1 atom stereocenters. The highest BCUT2D eigenvalue weighted by molar-refractivity contribution is 9.10. The van der Waals surface area contributed by atoms with Crippen LogP contribution in [0, 0.1) is 0 Å². The van der Waals surface area contributed by atoms with Gasteiger partial charge in [-0.2, -0.15) is 0 Å². The molecule has 6 heteroatoms. The SMILES string of the molecule is OCCC(O)(c1cc(Br)ccc1OCc1ccc(Cl)cc1)N1CCCC1. The molecule has 2 aromatic rings. The van der Waals surface area contributed by atoms with E-state index in [-0.39, 0.29) is 13.0 Å². The molecule has 2 N–H and O–H groups in total. The molecule has 1 aliphatic heterocycles. The number of hydrogen-bond donors (Lipinski definition) is 2. The van der Waals surface area contributed by atoms with E-state index in [0.29, 0.717) is 22.9 Å². The number of halogens is 2. The van der Waals surface area contributed by atoms with Gasteiger partial charge in [0.1, 0.15) is 18.1 Å². The Balaban J connectivity index is 1.89. The maximum absolute atomic E-state index is 11.5. The van der Waals surface area contributed by atoms with E-state index in [1.54, 1.807) is 0 Å². The van der Waals surface area contributed by atoms with E-state index >= 15 is 0 Å². The summed E-state index contributed by atoms with van der Waals surface area (Å²) in [5.74, 6) is 0.617. The fourth-order valence-corrected chi connectivity index (χ4v) is 3.88. The summed E-state index contributed by atoms with van der Waals surface area (Å²) in [5.41, 5.74) is 0.427. The Morgan fingerprint density at radius 3 is 2.46 bits per heavy atom. The standard InChI is InChI=1S/C20H23BrClNO3/c21-16-5-8-19(26-14-15-3-6-17(22)7-4-15)18(13-16)20(25,9-12-24)23-10-1-2-11-23/h3-8,13,24-25H,1-2,9-12,14H2. The minimum Gasteiger partial charge on any atom is -0.488 e. The summed E-state index contributed by atoms with van der Waals surface area (Å²) in [5, 5.41) is 21.7. The second kappa shape index (κ2) is 8.72. The van der Waals surface area contributed by atoms with Crippen molar-refractivity contribution in [3.63, 3.8) is 0 Å². The van der Waals surface area contributed by atoms with Crippen molar-refractivity contribution in [3.8, 4) is 5.75 Å². The highest BCUT2D eigenvalue weighted by atomic mass is 79.9. The van der Waals surface area contributed by atoms with Gasteiger partial charge in [0.2, 0.25) is 0 Å². The van der Waals surface area contributed by atoms with Gasteiger partial charge in [0.15, 0.2) is 0 Å². The van der Waals surface area contributed by atoms with Gasteiger partial charge in [-0.05, 0) is 48.7 Å². The number of hydrogen-bond acceptors (Lipinski definition) is 4. The third kappa shape index (κ3) is 4.41. The number of rotatable bonds is 7. The van der Waals surface area contributed by atoms with E-state index in [0.717, 1.165) is 36.0 Å². The number of aliphatic hydroxyl groups excluding tert-OH is 1. The third-order valence-corrected chi connectivity index (χ3v) is 5.52. The normalized spacial score (nSPS) is 17.2. The van der Waals surface area contributed by atoms with Crippen molar-refractivity contribution in [3.05, 3.63) is 63.1 Å². The van der Waals surface area contributed by atoms with E-state index in [1.165, 1.54) is 0 Å². The fraction of sp³-hybridized carbons (Fsp3) is 0.400. The first-order chi connectivity index (χ1) is 12.5. The molecule has 1 fully saturated rings. The van der Waals surface area contributed by atoms with Crippen LogP contribution in [0.5, 0.6) is 5.75 Å². The first-order valence-electron chi connectivity index (χ1n) is 8.78. The highest BCUT2D eigenvalue weighted by Gasteiger charge is 2.39. The van der Waals surface area contributed by atoms with E-state index < -0.39 is 5.72 Å². The number of benzene rings is 2. The molecule has 0 aromatic heterocycles. The molecule has 4 nitrogen and oxygen atoms in total. The Kier molecular flexibility index (Phi) is 6.59. The number of likely N-dealkylation sites (tertiary alicyclic amines) is 1. The molecule has 140 valence electrons. The van der Waals surface area contributed by atoms with Gasteiger partial charge >= 0.3 is 0 Å². The summed E-state index contributed by atoms with van der Waals surface area (Å²) in [6, 6.07) is 13.1. The first-order valence-corrected chi connectivity index (χ1v) is 9.95. The lowest BCUT2D eigenvalue weighted by Crippen LogP contribution is -2.45. The molecule has 1 aliphatic rings. The summed E-state index contributed by atoms with van der Waals surface area (Å²) < 4.78 is 6.90. The zero-order valence-corrected chi connectivity index (χ0v) is 16.8. The maximum atomic E-state index is 11.5. The second-order valence-electron chi connectivity index (χ2n) is 6.54. The smallest absolute Gasteiger partial charge is 0.150 e. The molecule has 3 rings (SSSR count). The average Bonchev–Trinajstić information content (AvgIpc) is 3.17. The van der Waals surface area contributed by atoms with Crippen molar-refractivity contribution in [2.24, 2.45) is 0 Å². The predicted octanol–water partition coefficient (Wildman–Crippen LogP) is 4.30. The van der Waals surface area contributed by atoms with Crippen LogP contribution in [-0.4, -0.2) is 34.8 Å². The Labute approximate surface area is 167 Å². The van der Waals surface area contributed by atoms with Crippen LogP contribution in [0.4, 0.5) is 0 Å². The predicted molar refractivity (Wildman–Crippen MR) is 106 cm³/mol. The van der Waals surface area contributed by atoms with Crippen LogP contribution in [0.1, 0.15) is 30.4 Å². The summed E-state index contributed by atoms with van der Waals surface area (Å²) in [7, 11) is 0.